The van der Waals surface area contributed by atoms with Crippen molar-refractivity contribution >= 4 is 29.1 Å². The van der Waals surface area contributed by atoms with E-state index in [2.05, 4.69) is 25.1 Å². The number of hydrogen-bond donors (Lipinski definition) is 2. The summed E-state index contributed by atoms with van der Waals surface area (Å²) in [5, 5.41) is 6.52. The molecule has 4 aromatic rings. The van der Waals surface area contributed by atoms with Gasteiger partial charge in [-0.3, -0.25) is 4.79 Å². The van der Waals surface area contributed by atoms with Gasteiger partial charge in [0.25, 0.3) is 5.91 Å². The number of nitrogen functional groups attached to an aromatic ring is 1. The van der Waals surface area contributed by atoms with E-state index in [0.29, 0.717) is 16.8 Å². The normalized spacial score (nSPS) is 11.5. The summed E-state index contributed by atoms with van der Waals surface area (Å²) in [6.07, 6.45) is -2.10. The number of amides is 1. The Morgan fingerprint density at radius 2 is 2.00 bits per heavy atom. The Morgan fingerprint density at radius 3 is 2.76 bits per heavy atom. The molecule has 0 saturated heterocycles. The molecule has 0 fully saturated rings. The van der Waals surface area contributed by atoms with Gasteiger partial charge in [0, 0.05) is 30.1 Å². The summed E-state index contributed by atoms with van der Waals surface area (Å²) in [6.45, 7) is -0.386. The van der Waals surface area contributed by atoms with Crippen molar-refractivity contribution in [2.75, 3.05) is 5.73 Å². The van der Waals surface area contributed by atoms with Crippen LogP contribution in [0.5, 0.6) is 5.75 Å². The maximum absolute atomic E-state index is 14.0. The number of anilines is 1. The molecule has 0 spiro atoms. The van der Waals surface area contributed by atoms with E-state index in [-0.39, 0.29) is 28.8 Å². The first-order valence-corrected chi connectivity index (χ1v) is 9.57. The zero-order valence-electron chi connectivity index (χ0n) is 16.4. The Balaban J connectivity index is 1.54. The number of nitrogens with zero attached hydrogens (tertiary/aromatic N) is 4. The van der Waals surface area contributed by atoms with Crippen LogP contribution in [0.25, 0.3) is 16.8 Å². The number of rotatable bonds is 5. The topological polar surface area (TPSA) is 107 Å². The van der Waals surface area contributed by atoms with E-state index in [9.17, 15) is 22.4 Å². The second kappa shape index (κ2) is 8.54. The number of carbonyl (C=O) groups is 1. The number of carbonyl (C=O) groups excluding carboxylic acids is 1. The molecule has 0 aliphatic rings. The summed E-state index contributed by atoms with van der Waals surface area (Å²) < 4.78 is 56.4. The van der Waals surface area contributed by atoms with Gasteiger partial charge in [0.1, 0.15) is 16.7 Å². The molecule has 0 radical (unpaired) electrons. The Kier molecular flexibility index (Phi) is 5.77. The van der Waals surface area contributed by atoms with Crippen LogP contribution in [-0.4, -0.2) is 31.9 Å². The summed E-state index contributed by atoms with van der Waals surface area (Å²) >= 11 is 6.19. The zero-order valence-corrected chi connectivity index (χ0v) is 17.2. The minimum atomic E-state index is -4.93. The largest absolute Gasteiger partial charge is 0.573 e. The third-order valence-corrected chi connectivity index (χ3v) is 4.76. The van der Waals surface area contributed by atoms with Crippen molar-refractivity contribution in [1.29, 1.82) is 0 Å². The van der Waals surface area contributed by atoms with E-state index in [4.69, 9.17) is 17.3 Å². The van der Waals surface area contributed by atoms with Crippen LogP contribution >= 0.6 is 11.6 Å². The zero-order chi connectivity index (χ0) is 23.8. The Labute approximate surface area is 188 Å². The molecule has 33 heavy (non-hydrogen) atoms. The lowest BCUT2D eigenvalue weighted by molar-refractivity contribution is -0.274. The molecule has 0 atom stereocenters. The fourth-order valence-electron chi connectivity index (χ4n) is 3.00. The summed E-state index contributed by atoms with van der Waals surface area (Å²) in [7, 11) is 0. The first kappa shape index (κ1) is 22.3. The summed E-state index contributed by atoms with van der Waals surface area (Å²) in [5.41, 5.74) is 6.94. The molecule has 3 aromatic heterocycles. The number of benzene rings is 1. The molecule has 0 bridgehead atoms. The highest BCUT2D eigenvalue weighted by atomic mass is 35.5. The van der Waals surface area contributed by atoms with Gasteiger partial charge in [0.05, 0.1) is 5.56 Å². The highest BCUT2D eigenvalue weighted by Crippen LogP contribution is 2.28. The van der Waals surface area contributed by atoms with E-state index in [1.54, 1.807) is 18.3 Å². The summed E-state index contributed by atoms with van der Waals surface area (Å²) in [4.78, 5) is 20.6. The number of nitrogens with one attached hydrogen (secondary N) is 1. The van der Waals surface area contributed by atoms with Crippen LogP contribution in [0.1, 0.15) is 15.9 Å². The molecule has 0 saturated carbocycles. The van der Waals surface area contributed by atoms with Crippen LogP contribution in [0, 0.1) is 5.82 Å². The van der Waals surface area contributed by atoms with Crippen molar-refractivity contribution in [1.82, 2.24) is 24.9 Å². The van der Waals surface area contributed by atoms with Crippen LogP contribution < -0.4 is 15.8 Å². The standard InChI is InChI=1S/C20H13ClF4N6O2/c21-17-14(10-3-4-31-16(7-10)29-19(26)30-31)6-12(9-27-17)18(32)28-8-11-5-13(1-2-15(11)22)33-20(23,24)25/h1-7,9H,8H2,(H2,26,30)(H,28,32). The molecule has 0 aliphatic heterocycles. The SMILES string of the molecule is Nc1nc2cc(-c3cc(C(=O)NCc4cc(OC(F)(F)F)ccc4F)cnc3Cl)ccn2n1. The third kappa shape index (κ3) is 5.12. The molecule has 13 heteroatoms. The first-order valence-electron chi connectivity index (χ1n) is 9.19. The number of nitrogens with two attached hydrogens (primary N) is 1. The van der Waals surface area contributed by atoms with E-state index in [1.807, 2.05) is 0 Å². The van der Waals surface area contributed by atoms with Crippen molar-refractivity contribution in [3.05, 3.63) is 70.9 Å². The first-order chi connectivity index (χ1) is 15.6. The van der Waals surface area contributed by atoms with E-state index in [1.165, 1.54) is 16.8 Å². The average Bonchev–Trinajstić information content (AvgIpc) is 3.12. The fraction of sp³-hybridized carbons (Fsp3) is 0.100. The van der Waals surface area contributed by atoms with Crippen LogP contribution in [0.15, 0.2) is 48.8 Å². The number of aromatic nitrogens is 4. The van der Waals surface area contributed by atoms with Crippen molar-refractivity contribution in [3.63, 3.8) is 0 Å². The van der Waals surface area contributed by atoms with Gasteiger partial charge in [-0.25, -0.2) is 13.9 Å². The van der Waals surface area contributed by atoms with Crippen molar-refractivity contribution in [2.24, 2.45) is 0 Å². The number of hydrogen-bond acceptors (Lipinski definition) is 6. The van der Waals surface area contributed by atoms with E-state index < -0.39 is 23.8 Å². The lowest BCUT2D eigenvalue weighted by Gasteiger charge is -2.12. The van der Waals surface area contributed by atoms with Gasteiger partial charge >= 0.3 is 6.36 Å². The van der Waals surface area contributed by atoms with Crippen LogP contribution in [0.3, 0.4) is 0 Å². The summed E-state index contributed by atoms with van der Waals surface area (Å²) in [6, 6.07) is 7.30. The van der Waals surface area contributed by atoms with Crippen molar-refractivity contribution in [3.8, 4) is 16.9 Å². The minimum Gasteiger partial charge on any atom is -0.406 e. The Morgan fingerprint density at radius 1 is 1.21 bits per heavy atom. The fourth-order valence-corrected chi connectivity index (χ4v) is 3.21. The highest BCUT2D eigenvalue weighted by molar-refractivity contribution is 6.32. The molecule has 0 unspecified atom stereocenters. The predicted molar refractivity (Wildman–Crippen MR) is 110 cm³/mol. The molecule has 1 amide bonds. The number of pyridine rings is 2. The molecule has 8 nitrogen and oxygen atoms in total. The predicted octanol–water partition coefficient (Wildman–Crippen LogP) is 3.99. The third-order valence-electron chi connectivity index (χ3n) is 4.46. The lowest BCUT2D eigenvalue weighted by atomic mass is 10.1. The van der Waals surface area contributed by atoms with E-state index in [0.717, 1.165) is 18.2 Å². The van der Waals surface area contributed by atoms with Gasteiger partial charge in [-0.05, 0) is 42.0 Å². The Bertz CT molecular complexity index is 1360. The molecular formula is C20H13ClF4N6O2. The van der Waals surface area contributed by atoms with Crippen molar-refractivity contribution < 1.29 is 27.1 Å². The second-order valence-electron chi connectivity index (χ2n) is 6.73. The average molecular weight is 481 g/mol. The van der Waals surface area contributed by atoms with Gasteiger partial charge in [0.2, 0.25) is 5.95 Å². The molecule has 3 N–H and O–H groups in total. The van der Waals surface area contributed by atoms with Gasteiger partial charge in [-0.2, -0.15) is 4.98 Å². The Hall–Kier alpha value is -3.93. The number of halogens is 5. The number of fused-ring (bicyclic) bond motifs is 1. The van der Waals surface area contributed by atoms with Crippen LogP contribution in [-0.2, 0) is 6.54 Å². The second-order valence-corrected chi connectivity index (χ2v) is 7.09. The van der Waals surface area contributed by atoms with Crippen LogP contribution in [0.2, 0.25) is 5.15 Å². The van der Waals surface area contributed by atoms with Gasteiger partial charge < -0.3 is 15.8 Å². The quantitative estimate of drug-likeness (QED) is 0.330. The molecule has 4 rings (SSSR count). The van der Waals surface area contributed by atoms with E-state index >= 15 is 0 Å². The molecular weight excluding hydrogens is 468 g/mol. The lowest BCUT2D eigenvalue weighted by Crippen LogP contribution is -2.24. The maximum atomic E-state index is 14.0. The smallest absolute Gasteiger partial charge is 0.406 e. The highest BCUT2D eigenvalue weighted by Gasteiger charge is 2.31. The minimum absolute atomic E-state index is 0.0847. The van der Waals surface area contributed by atoms with Gasteiger partial charge in [0.15, 0.2) is 5.65 Å². The maximum Gasteiger partial charge on any atom is 0.573 e. The summed E-state index contributed by atoms with van der Waals surface area (Å²) in [5.74, 6) is -1.97. The number of alkyl halides is 3. The molecule has 1 aromatic carbocycles. The molecule has 0 aliphatic carbocycles. The molecule has 170 valence electrons. The van der Waals surface area contributed by atoms with Gasteiger partial charge in [-0.15, -0.1) is 18.3 Å². The van der Waals surface area contributed by atoms with Crippen molar-refractivity contribution in [2.45, 2.75) is 12.9 Å². The monoisotopic (exact) mass is 480 g/mol. The van der Waals surface area contributed by atoms with Gasteiger partial charge in [-0.1, -0.05) is 11.6 Å². The molecule has 3 heterocycles. The van der Waals surface area contributed by atoms with Crippen LogP contribution in [0.4, 0.5) is 23.5 Å². The number of ether oxygens (including phenoxy) is 1.